The van der Waals surface area contributed by atoms with Gasteiger partial charge in [0.25, 0.3) is 5.91 Å². The summed E-state index contributed by atoms with van der Waals surface area (Å²) in [7, 11) is 0. The summed E-state index contributed by atoms with van der Waals surface area (Å²) in [5.74, 6) is 1.39. The van der Waals surface area contributed by atoms with Crippen LogP contribution < -0.4 is 10.1 Å². The normalized spacial score (nSPS) is 15.5. The second-order valence-corrected chi connectivity index (χ2v) is 6.11. The highest BCUT2D eigenvalue weighted by atomic mass is 32.1. The van der Waals surface area contributed by atoms with Gasteiger partial charge in [-0.05, 0) is 49.9 Å². The molecule has 0 saturated heterocycles. The molecule has 0 unspecified atom stereocenters. The number of nitrogens with one attached hydrogen (secondary N) is 1. The first-order valence-corrected chi connectivity index (χ1v) is 8.07. The lowest BCUT2D eigenvalue weighted by Crippen LogP contribution is -2.33. The fourth-order valence-corrected chi connectivity index (χ4v) is 2.72. The average molecular weight is 302 g/mol. The van der Waals surface area contributed by atoms with E-state index in [1.165, 1.54) is 12.8 Å². The third-order valence-electron chi connectivity index (χ3n) is 3.67. The number of carbonyl (C=O) groups excluding carboxylic acids is 1. The van der Waals surface area contributed by atoms with Crippen LogP contribution in [0.3, 0.4) is 0 Å². The molecular weight excluding hydrogens is 284 g/mol. The number of thiazole rings is 1. The van der Waals surface area contributed by atoms with Crippen LogP contribution in [0, 0.1) is 5.92 Å². The van der Waals surface area contributed by atoms with Gasteiger partial charge in [0.1, 0.15) is 12.4 Å². The van der Waals surface area contributed by atoms with Crippen molar-refractivity contribution in [3.05, 3.63) is 46.4 Å². The monoisotopic (exact) mass is 302 g/mol. The molecule has 1 N–H and O–H groups in total. The largest absolute Gasteiger partial charge is 0.487 e. The molecule has 1 fully saturated rings. The molecule has 1 aliphatic carbocycles. The molecule has 110 valence electrons. The lowest BCUT2D eigenvalue weighted by molar-refractivity contribution is 0.0936. The highest BCUT2D eigenvalue weighted by molar-refractivity contribution is 7.07. The minimum Gasteiger partial charge on any atom is -0.487 e. The Kier molecular flexibility index (Phi) is 4.20. The van der Waals surface area contributed by atoms with Gasteiger partial charge in [-0.15, -0.1) is 11.3 Å². The van der Waals surface area contributed by atoms with E-state index in [1.807, 2.05) is 17.5 Å². The number of rotatable bonds is 6. The Labute approximate surface area is 128 Å². The van der Waals surface area contributed by atoms with Crippen molar-refractivity contribution in [3.8, 4) is 5.75 Å². The van der Waals surface area contributed by atoms with E-state index in [0.717, 1.165) is 11.4 Å². The Bertz CT molecular complexity index is 591. The van der Waals surface area contributed by atoms with Gasteiger partial charge in [0, 0.05) is 17.0 Å². The first kappa shape index (κ1) is 14.1. The summed E-state index contributed by atoms with van der Waals surface area (Å²) in [4.78, 5) is 16.2. The van der Waals surface area contributed by atoms with Crippen LogP contribution in [0.1, 0.15) is 35.8 Å². The van der Waals surface area contributed by atoms with Crippen molar-refractivity contribution in [1.29, 1.82) is 0 Å². The van der Waals surface area contributed by atoms with E-state index < -0.39 is 0 Å². The number of benzene rings is 1. The van der Waals surface area contributed by atoms with Crippen molar-refractivity contribution in [3.63, 3.8) is 0 Å². The Hall–Kier alpha value is -1.88. The third kappa shape index (κ3) is 3.82. The minimum absolute atomic E-state index is 0.0135. The van der Waals surface area contributed by atoms with Crippen LogP contribution >= 0.6 is 11.3 Å². The molecule has 0 bridgehead atoms. The van der Waals surface area contributed by atoms with E-state index >= 15 is 0 Å². The summed E-state index contributed by atoms with van der Waals surface area (Å²) in [6.07, 6.45) is 2.45. The Morgan fingerprint density at radius 2 is 2.19 bits per heavy atom. The van der Waals surface area contributed by atoms with Crippen molar-refractivity contribution < 1.29 is 9.53 Å². The molecule has 0 spiro atoms. The van der Waals surface area contributed by atoms with E-state index in [1.54, 1.807) is 29.0 Å². The van der Waals surface area contributed by atoms with Gasteiger partial charge < -0.3 is 10.1 Å². The van der Waals surface area contributed by atoms with Crippen LogP contribution in [0.5, 0.6) is 5.75 Å². The van der Waals surface area contributed by atoms with Gasteiger partial charge in [-0.2, -0.15) is 0 Å². The summed E-state index contributed by atoms with van der Waals surface area (Å²) in [5, 5.41) is 5.00. The quantitative estimate of drug-likeness (QED) is 0.891. The van der Waals surface area contributed by atoms with Crippen LogP contribution in [-0.2, 0) is 6.61 Å². The number of amides is 1. The van der Waals surface area contributed by atoms with E-state index in [2.05, 4.69) is 17.2 Å². The first-order chi connectivity index (χ1) is 10.2. The highest BCUT2D eigenvalue weighted by Crippen LogP contribution is 2.32. The van der Waals surface area contributed by atoms with Crippen LogP contribution in [0.25, 0.3) is 0 Å². The van der Waals surface area contributed by atoms with Crippen LogP contribution in [0.4, 0.5) is 0 Å². The van der Waals surface area contributed by atoms with Gasteiger partial charge in [0.05, 0.1) is 11.2 Å². The molecule has 1 aromatic heterocycles. The Balaban J connectivity index is 1.54. The fourth-order valence-electron chi connectivity index (χ4n) is 2.17. The smallest absolute Gasteiger partial charge is 0.251 e. The molecule has 3 rings (SSSR count). The molecule has 1 aliphatic rings. The number of ether oxygens (including phenoxy) is 1. The minimum atomic E-state index is -0.0135. The maximum atomic E-state index is 12.1. The van der Waals surface area contributed by atoms with Crippen molar-refractivity contribution in [2.75, 3.05) is 0 Å². The van der Waals surface area contributed by atoms with E-state index in [0.29, 0.717) is 18.1 Å². The molecule has 5 heteroatoms. The van der Waals surface area contributed by atoms with Crippen LogP contribution in [0.2, 0.25) is 0 Å². The summed E-state index contributed by atoms with van der Waals surface area (Å²) in [5.41, 5.74) is 3.37. The standard InChI is InChI=1S/C16H18N2O2S/c1-11(12-2-3-12)18-16(19)13-4-6-15(7-5-13)20-8-14-9-21-10-17-14/h4-7,9-12H,2-3,8H2,1H3,(H,18,19)/t11-/m1/s1. The molecule has 2 aromatic rings. The molecular formula is C16H18N2O2S. The van der Waals surface area contributed by atoms with Gasteiger partial charge in [-0.1, -0.05) is 0 Å². The topological polar surface area (TPSA) is 51.2 Å². The number of aromatic nitrogens is 1. The van der Waals surface area contributed by atoms with Crippen molar-refractivity contribution in [2.45, 2.75) is 32.4 Å². The Morgan fingerprint density at radius 3 is 2.81 bits per heavy atom. The van der Waals surface area contributed by atoms with Gasteiger partial charge in [0.15, 0.2) is 0 Å². The molecule has 1 heterocycles. The third-order valence-corrected chi connectivity index (χ3v) is 4.31. The number of carbonyl (C=O) groups is 1. The molecule has 0 radical (unpaired) electrons. The summed E-state index contributed by atoms with van der Waals surface area (Å²) >= 11 is 1.55. The maximum Gasteiger partial charge on any atom is 0.251 e. The van der Waals surface area contributed by atoms with Gasteiger partial charge in [-0.25, -0.2) is 4.98 Å². The zero-order chi connectivity index (χ0) is 14.7. The number of nitrogens with zero attached hydrogens (tertiary/aromatic N) is 1. The van der Waals surface area contributed by atoms with Crippen molar-refractivity contribution in [2.24, 2.45) is 5.92 Å². The van der Waals surface area contributed by atoms with Gasteiger partial charge in [-0.3, -0.25) is 4.79 Å². The van der Waals surface area contributed by atoms with Gasteiger partial charge in [0.2, 0.25) is 0 Å². The molecule has 1 saturated carbocycles. The lowest BCUT2D eigenvalue weighted by atomic mass is 10.1. The number of hydrogen-bond donors (Lipinski definition) is 1. The van der Waals surface area contributed by atoms with Gasteiger partial charge >= 0.3 is 0 Å². The molecule has 0 aliphatic heterocycles. The van der Waals surface area contributed by atoms with E-state index in [4.69, 9.17) is 4.74 Å². The van der Waals surface area contributed by atoms with Crippen molar-refractivity contribution >= 4 is 17.2 Å². The number of hydrogen-bond acceptors (Lipinski definition) is 4. The Morgan fingerprint density at radius 1 is 1.43 bits per heavy atom. The summed E-state index contributed by atoms with van der Waals surface area (Å²) in [6.45, 7) is 2.52. The predicted molar refractivity (Wildman–Crippen MR) is 82.5 cm³/mol. The van der Waals surface area contributed by atoms with Crippen molar-refractivity contribution in [1.82, 2.24) is 10.3 Å². The first-order valence-electron chi connectivity index (χ1n) is 7.13. The lowest BCUT2D eigenvalue weighted by Gasteiger charge is -2.13. The molecule has 1 atom stereocenters. The zero-order valence-corrected chi connectivity index (χ0v) is 12.7. The summed E-state index contributed by atoms with van der Waals surface area (Å²) < 4.78 is 5.63. The van der Waals surface area contributed by atoms with E-state index in [-0.39, 0.29) is 11.9 Å². The average Bonchev–Trinajstić information content (AvgIpc) is 3.23. The molecule has 1 amide bonds. The fraction of sp³-hybridized carbons (Fsp3) is 0.375. The van der Waals surface area contributed by atoms with E-state index in [9.17, 15) is 4.79 Å². The van der Waals surface area contributed by atoms with Crippen LogP contribution in [0.15, 0.2) is 35.2 Å². The molecule has 1 aromatic carbocycles. The SMILES string of the molecule is C[C@@H](NC(=O)c1ccc(OCc2cscn2)cc1)C1CC1. The second kappa shape index (κ2) is 6.26. The highest BCUT2D eigenvalue weighted by Gasteiger charge is 2.28. The van der Waals surface area contributed by atoms with Crippen LogP contribution in [-0.4, -0.2) is 16.9 Å². The predicted octanol–water partition coefficient (Wildman–Crippen LogP) is 3.25. The molecule has 4 nitrogen and oxygen atoms in total. The maximum absolute atomic E-state index is 12.1. The second-order valence-electron chi connectivity index (χ2n) is 5.39. The zero-order valence-electron chi connectivity index (χ0n) is 11.9. The summed E-state index contributed by atoms with van der Waals surface area (Å²) in [6, 6.07) is 7.50. The molecule has 21 heavy (non-hydrogen) atoms.